The molecule has 264 valence electrons. The van der Waals surface area contributed by atoms with Gasteiger partial charge in [0.1, 0.15) is 12.4 Å². The summed E-state index contributed by atoms with van der Waals surface area (Å²) in [7, 11) is 0. The fourth-order valence-corrected chi connectivity index (χ4v) is 6.61. The summed E-state index contributed by atoms with van der Waals surface area (Å²) in [5, 5.41) is 12.8. The van der Waals surface area contributed by atoms with Crippen LogP contribution in [0.5, 0.6) is 6.01 Å². The molecule has 9 aromatic rings. The fourth-order valence-electron chi connectivity index (χ4n) is 6.61. The standard InChI is InChI=1S/C45H35N9O/c55-45-47-43(51-31-29-49(33-51)35-21-25-41(26-22-35)53(37-13-5-1-6-14-37)38-15-7-2-8-16-38)46-44(48-45)52-32-30-50(34-52)36-23-27-42(28-24-36)54(39-17-9-3-10-18-39)40-19-11-4-12-20-40/h1-34H,(H,46,47,48)/q+2. The van der Waals surface area contributed by atoms with E-state index in [4.69, 9.17) is 4.98 Å². The van der Waals surface area contributed by atoms with Gasteiger partial charge >= 0.3 is 17.9 Å². The molecular formula is C45H35N9O+2. The van der Waals surface area contributed by atoms with Crippen LogP contribution in [-0.4, -0.2) is 24.1 Å². The molecule has 0 unspecified atom stereocenters. The van der Waals surface area contributed by atoms with Crippen LogP contribution in [0, 0.1) is 0 Å². The monoisotopic (exact) mass is 717 g/mol. The number of aromatic amines is 1. The van der Waals surface area contributed by atoms with Crippen LogP contribution >= 0.6 is 0 Å². The molecule has 0 saturated heterocycles. The third-order valence-electron chi connectivity index (χ3n) is 9.24. The van der Waals surface area contributed by atoms with Gasteiger partial charge in [-0.15, -0.1) is 14.1 Å². The van der Waals surface area contributed by atoms with Gasteiger partial charge in [0, 0.05) is 34.1 Å². The number of anilines is 6. The number of rotatable bonds is 10. The Morgan fingerprint density at radius 1 is 0.473 bits per heavy atom. The van der Waals surface area contributed by atoms with Crippen LogP contribution in [0.15, 0.2) is 207 Å². The van der Waals surface area contributed by atoms with Gasteiger partial charge in [0.05, 0.1) is 33.7 Å². The Labute approximate surface area is 318 Å². The van der Waals surface area contributed by atoms with Crippen LogP contribution in [0.1, 0.15) is 0 Å². The highest BCUT2D eigenvalue weighted by Crippen LogP contribution is 2.35. The molecule has 0 spiro atoms. The molecule has 9 rings (SSSR count). The Morgan fingerprint density at radius 2 is 0.836 bits per heavy atom. The van der Waals surface area contributed by atoms with Crippen LogP contribution in [0.25, 0.3) is 23.3 Å². The smallest absolute Gasteiger partial charge is 0.503 e. The van der Waals surface area contributed by atoms with Crippen molar-refractivity contribution in [3.63, 3.8) is 0 Å². The number of benzene rings is 6. The van der Waals surface area contributed by atoms with Crippen LogP contribution in [-0.2, 0) is 0 Å². The minimum atomic E-state index is -0.502. The molecule has 3 aromatic heterocycles. The van der Waals surface area contributed by atoms with E-state index in [0.717, 1.165) is 45.5 Å². The molecule has 10 nitrogen and oxygen atoms in total. The van der Waals surface area contributed by atoms with Crippen LogP contribution in [0.3, 0.4) is 0 Å². The third-order valence-corrected chi connectivity index (χ3v) is 9.24. The first kappa shape index (κ1) is 33.0. The van der Waals surface area contributed by atoms with Crippen molar-refractivity contribution in [3.8, 4) is 29.3 Å². The predicted octanol–water partition coefficient (Wildman–Crippen LogP) is 8.23. The quantitative estimate of drug-likeness (QED) is 0.114. The van der Waals surface area contributed by atoms with Crippen molar-refractivity contribution < 1.29 is 14.2 Å². The van der Waals surface area contributed by atoms with Gasteiger partial charge in [-0.05, 0) is 97.1 Å². The lowest BCUT2D eigenvalue weighted by Crippen LogP contribution is -2.37. The molecule has 0 aliphatic carbocycles. The molecule has 0 atom stereocenters. The maximum atomic E-state index is 12.8. The van der Waals surface area contributed by atoms with E-state index in [0.29, 0.717) is 5.95 Å². The second-order valence-electron chi connectivity index (χ2n) is 12.8. The summed E-state index contributed by atoms with van der Waals surface area (Å²) >= 11 is 0. The second kappa shape index (κ2) is 14.6. The van der Waals surface area contributed by atoms with Crippen molar-refractivity contribution >= 4 is 34.1 Å². The fraction of sp³-hybridized carbons (Fsp3) is 0. The number of aromatic nitrogens is 7. The van der Waals surface area contributed by atoms with Gasteiger partial charge in [0.15, 0.2) is 12.7 Å². The minimum absolute atomic E-state index is 0.250. The topological polar surface area (TPSA) is 88.7 Å². The summed E-state index contributed by atoms with van der Waals surface area (Å²) in [5.74, 6) is 0.594. The summed E-state index contributed by atoms with van der Waals surface area (Å²) in [6, 6.07) is 57.4. The van der Waals surface area contributed by atoms with Crippen LogP contribution < -0.4 is 24.0 Å². The maximum Gasteiger partial charge on any atom is 0.503 e. The number of hydrogen-bond acceptors (Lipinski definition) is 5. The van der Waals surface area contributed by atoms with E-state index >= 15 is 0 Å². The van der Waals surface area contributed by atoms with E-state index < -0.39 is 6.01 Å². The average Bonchev–Trinajstić information content (AvgIpc) is 3.95. The van der Waals surface area contributed by atoms with E-state index in [-0.39, 0.29) is 5.95 Å². The Bertz CT molecular complexity index is 2380. The van der Waals surface area contributed by atoms with Gasteiger partial charge in [-0.3, -0.25) is 9.13 Å². The average molecular weight is 718 g/mol. The Kier molecular flexibility index (Phi) is 8.79. The lowest BCUT2D eigenvalue weighted by Gasteiger charge is -2.25. The highest BCUT2D eigenvalue weighted by molar-refractivity contribution is 5.78. The largest absolute Gasteiger partial charge is 0.766 e. The predicted molar refractivity (Wildman–Crippen MR) is 211 cm³/mol. The SMILES string of the molecule is [O-][c+]1nc(-[n+]2ccn(-c3ccc(N(c4ccccc4)c4ccccc4)cc3)c2)nc(-[n+]2ccn(-c3ccc(N(c4ccccc4)c4ccccc4)cc3)c2)[nH]1. The summed E-state index contributed by atoms with van der Waals surface area (Å²) in [5.41, 5.74) is 8.25. The van der Waals surface area contributed by atoms with Gasteiger partial charge in [0.2, 0.25) is 0 Å². The van der Waals surface area contributed by atoms with Gasteiger partial charge in [-0.2, -0.15) is 0 Å². The lowest BCUT2D eigenvalue weighted by atomic mass is 10.2. The number of H-pyrrole nitrogens is 1. The highest BCUT2D eigenvalue weighted by atomic mass is 16.3. The molecule has 1 N–H and O–H groups in total. The van der Waals surface area contributed by atoms with Gasteiger partial charge in [0.25, 0.3) is 0 Å². The highest BCUT2D eigenvalue weighted by Gasteiger charge is 2.26. The zero-order valence-electron chi connectivity index (χ0n) is 29.6. The van der Waals surface area contributed by atoms with E-state index in [1.54, 1.807) is 9.13 Å². The lowest BCUT2D eigenvalue weighted by molar-refractivity contribution is -0.616. The first-order valence-electron chi connectivity index (χ1n) is 17.9. The van der Waals surface area contributed by atoms with Gasteiger partial charge in [-0.1, -0.05) is 72.8 Å². The summed E-state index contributed by atoms with van der Waals surface area (Å²) in [4.78, 5) is 16.1. The van der Waals surface area contributed by atoms with Crippen molar-refractivity contribution in [3.05, 3.63) is 207 Å². The molecule has 3 heterocycles. The Morgan fingerprint density at radius 3 is 1.25 bits per heavy atom. The first-order chi connectivity index (χ1) is 27.2. The van der Waals surface area contributed by atoms with Crippen molar-refractivity contribution in [2.75, 3.05) is 9.80 Å². The summed E-state index contributed by atoms with van der Waals surface area (Å²) in [6.45, 7) is 0. The molecule has 6 aromatic carbocycles. The maximum absolute atomic E-state index is 12.8. The molecule has 10 heteroatoms. The number of nitrogens with zero attached hydrogens (tertiary/aromatic N) is 8. The Balaban J connectivity index is 0.952. The second-order valence-corrected chi connectivity index (χ2v) is 12.8. The number of nitrogens with one attached hydrogen (secondary N) is 1. The van der Waals surface area contributed by atoms with E-state index in [1.807, 2.05) is 119 Å². The molecular weight excluding hydrogens is 683 g/mol. The molecule has 0 aliphatic heterocycles. The zero-order chi connectivity index (χ0) is 37.0. The molecule has 0 fully saturated rings. The molecule has 0 aliphatic rings. The Hall–Kier alpha value is -7.85. The van der Waals surface area contributed by atoms with Crippen molar-refractivity contribution in [1.29, 1.82) is 0 Å². The van der Waals surface area contributed by atoms with E-state index in [2.05, 4.69) is 117 Å². The molecule has 0 radical (unpaired) electrons. The molecule has 0 amide bonds. The minimum Gasteiger partial charge on any atom is -0.766 e. The third kappa shape index (κ3) is 6.90. The first-order valence-corrected chi connectivity index (χ1v) is 17.9. The normalized spacial score (nSPS) is 11.0. The van der Waals surface area contributed by atoms with E-state index in [9.17, 15) is 5.11 Å². The number of imidazole rings is 2. The van der Waals surface area contributed by atoms with E-state index in [1.165, 1.54) is 0 Å². The number of para-hydroxylation sites is 4. The van der Waals surface area contributed by atoms with Crippen molar-refractivity contribution in [1.82, 2.24) is 24.1 Å². The van der Waals surface area contributed by atoms with Crippen molar-refractivity contribution in [2.45, 2.75) is 0 Å². The van der Waals surface area contributed by atoms with Crippen LogP contribution in [0.4, 0.5) is 34.1 Å². The summed E-state index contributed by atoms with van der Waals surface area (Å²) in [6.07, 6.45) is 11.2. The molecule has 55 heavy (non-hydrogen) atoms. The number of hydrogen-bond donors (Lipinski definition) is 1. The summed E-state index contributed by atoms with van der Waals surface area (Å²) < 4.78 is 7.44. The molecule has 0 bridgehead atoms. The zero-order valence-corrected chi connectivity index (χ0v) is 29.6. The van der Waals surface area contributed by atoms with Gasteiger partial charge in [-0.25, -0.2) is 0 Å². The van der Waals surface area contributed by atoms with Gasteiger partial charge < -0.3 is 14.9 Å². The van der Waals surface area contributed by atoms with Crippen molar-refractivity contribution in [2.24, 2.45) is 0 Å². The molecule has 0 saturated carbocycles. The van der Waals surface area contributed by atoms with Crippen LogP contribution in [0.2, 0.25) is 0 Å².